The lowest BCUT2D eigenvalue weighted by atomic mass is 10.3. The van der Waals surface area contributed by atoms with Crippen molar-refractivity contribution in [2.24, 2.45) is 0 Å². The summed E-state index contributed by atoms with van der Waals surface area (Å²) < 4.78 is 0. The van der Waals surface area contributed by atoms with Gasteiger partial charge in [0.2, 0.25) is 0 Å². The molecule has 0 aromatic carbocycles. The predicted octanol–water partition coefficient (Wildman–Crippen LogP) is 1.07. The first-order chi connectivity index (χ1) is 8.18. The highest BCUT2D eigenvalue weighted by atomic mass is 35.5. The predicted molar refractivity (Wildman–Crippen MR) is 63.0 cm³/mol. The van der Waals surface area contributed by atoms with Crippen LogP contribution in [0.3, 0.4) is 0 Å². The Hall–Kier alpha value is -1.82. The number of carbonyl (C=O) groups is 1. The summed E-state index contributed by atoms with van der Waals surface area (Å²) in [5.41, 5.74) is 1.88. The second kappa shape index (κ2) is 5.01. The summed E-state index contributed by atoms with van der Waals surface area (Å²) >= 11 is 5.91. The minimum Gasteiger partial charge on any atom is -0.350 e. The Morgan fingerprint density at radius 2 is 2.41 bits per heavy atom. The number of nitrogens with zero attached hydrogens (tertiary/aromatic N) is 2. The minimum atomic E-state index is -0.279. The van der Waals surface area contributed by atoms with Crippen molar-refractivity contribution < 1.29 is 4.79 Å². The van der Waals surface area contributed by atoms with E-state index in [0.29, 0.717) is 23.7 Å². The molecule has 0 aliphatic heterocycles. The van der Waals surface area contributed by atoms with Crippen molar-refractivity contribution in [1.82, 2.24) is 25.5 Å². The van der Waals surface area contributed by atoms with Crippen molar-refractivity contribution in [3.05, 3.63) is 34.6 Å². The lowest BCUT2D eigenvalue weighted by molar-refractivity contribution is 0.0949. The molecule has 0 unspecified atom stereocenters. The van der Waals surface area contributed by atoms with E-state index in [4.69, 9.17) is 11.6 Å². The van der Waals surface area contributed by atoms with Gasteiger partial charge in [0.1, 0.15) is 0 Å². The summed E-state index contributed by atoms with van der Waals surface area (Å²) in [5.74, 6) is -0.279. The van der Waals surface area contributed by atoms with Crippen molar-refractivity contribution in [3.63, 3.8) is 0 Å². The molecule has 2 heterocycles. The Morgan fingerprint density at radius 3 is 3.00 bits per heavy atom. The van der Waals surface area contributed by atoms with Crippen LogP contribution in [0.1, 0.15) is 21.9 Å². The number of carbonyl (C=O) groups excluding carboxylic acids is 1. The normalized spacial score (nSPS) is 10.5. The molecule has 0 fully saturated rings. The largest absolute Gasteiger partial charge is 0.350 e. The summed E-state index contributed by atoms with van der Waals surface area (Å²) in [5, 5.41) is 9.61. The van der Waals surface area contributed by atoms with Gasteiger partial charge in [0.25, 0.3) is 5.91 Å². The maximum atomic E-state index is 11.7. The molecule has 2 aromatic rings. The first-order valence-corrected chi connectivity index (χ1v) is 5.52. The second-order valence-electron chi connectivity index (χ2n) is 3.59. The van der Waals surface area contributed by atoms with E-state index in [1.807, 2.05) is 0 Å². The van der Waals surface area contributed by atoms with Gasteiger partial charge in [-0.25, -0.2) is 4.98 Å². The van der Waals surface area contributed by atoms with Crippen LogP contribution in [0.2, 0.25) is 5.02 Å². The molecule has 2 rings (SSSR count). The molecular weight excluding hydrogens is 242 g/mol. The smallest absolute Gasteiger partial charge is 0.273 e. The first kappa shape index (κ1) is 11.7. The molecule has 0 radical (unpaired) electrons. The Kier molecular flexibility index (Phi) is 3.43. The van der Waals surface area contributed by atoms with E-state index >= 15 is 0 Å². The fourth-order valence-electron chi connectivity index (χ4n) is 1.38. The first-order valence-electron chi connectivity index (χ1n) is 5.14. The van der Waals surface area contributed by atoms with Crippen molar-refractivity contribution >= 4 is 17.5 Å². The zero-order valence-electron chi connectivity index (χ0n) is 9.25. The molecule has 7 heteroatoms. The lowest BCUT2D eigenvalue weighted by Crippen LogP contribution is -2.26. The molecule has 0 saturated heterocycles. The van der Waals surface area contributed by atoms with Crippen LogP contribution in [0.5, 0.6) is 0 Å². The van der Waals surface area contributed by atoms with Crippen LogP contribution < -0.4 is 5.32 Å². The van der Waals surface area contributed by atoms with Crippen LogP contribution in [-0.4, -0.2) is 32.6 Å². The molecule has 1 amide bonds. The van der Waals surface area contributed by atoms with Gasteiger partial charge in [0, 0.05) is 24.9 Å². The maximum absolute atomic E-state index is 11.7. The third kappa shape index (κ3) is 2.65. The van der Waals surface area contributed by atoms with Gasteiger partial charge in [0.15, 0.2) is 5.69 Å². The van der Waals surface area contributed by atoms with Gasteiger partial charge in [-0.05, 0) is 6.92 Å². The average molecular weight is 254 g/mol. The molecule has 0 bridgehead atoms. The Bertz CT molecular complexity index is 505. The van der Waals surface area contributed by atoms with Crippen LogP contribution in [0.15, 0.2) is 12.5 Å². The Labute approximate surface area is 103 Å². The van der Waals surface area contributed by atoms with Gasteiger partial charge in [-0.2, -0.15) is 5.10 Å². The van der Waals surface area contributed by atoms with Crippen molar-refractivity contribution in [1.29, 1.82) is 0 Å². The SMILES string of the molecule is Cc1[nH]nc(C(=O)NCCc2cnc[nH]2)c1Cl. The topological polar surface area (TPSA) is 86.5 Å². The third-order valence-electron chi connectivity index (χ3n) is 2.32. The van der Waals surface area contributed by atoms with E-state index < -0.39 is 0 Å². The Balaban J connectivity index is 1.87. The quantitative estimate of drug-likeness (QED) is 0.762. The van der Waals surface area contributed by atoms with Crippen LogP contribution >= 0.6 is 11.6 Å². The minimum absolute atomic E-state index is 0.230. The fourth-order valence-corrected chi connectivity index (χ4v) is 1.55. The molecule has 0 spiro atoms. The number of nitrogens with one attached hydrogen (secondary N) is 3. The molecular formula is C10H12ClN5O. The molecule has 0 aliphatic carbocycles. The molecule has 90 valence electrons. The summed E-state index contributed by atoms with van der Waals surface area (Å²) in [6, 6.07) is 0. The number of aromatic nitrogens is 4. The number of hydrogen-bond donors (Lipinski definition) is 3. The van der Waals surface area contributed by atoms with E-state index in [2.05, 4.69) is 25.5 Å². The van der Waals surface area contributed by atoms with Crippen LogP contribution in [0, 0.1) is 6.92 Å². The summed E-state index contributed by atoms with van der Waals surface area (Å²) in [4.78, 5) is 18.5. The highest BCUT2D eigenvalue weighted by molar-refractivity contribution is 6.34. The van der Waals surface area contributed by atoms with E-state index in [1.54, 1.807) is 19.4 Å². The van der Waals surface area contributed by atoms with E-state index in [1.165, 1.54) is 0 Å². The van der Waals surface area contributed by atoms with Crippen LogP contribution in [-0.2, 0) is 6.42 Å². The van der Waals surface area contributed by atoms with Gasteiger partial charge in [-0.3, -0.25) is 9.89 Å². The summed E-state index contributed by atoms with van der Waals surface area (Å²) in [6.07, 6.45) is 4.01. The highest BCUT2D eigenvalue weighted by Crippen LogP contribution is 2.16. The molecule has 3 N–H and O–H groups in total. The number of amides is 1. The highest BCUT2D eigenvalue weighted by Gasteiger charge is 2.15. The molecule has 0 saturated carbocycles. The van der Waals surface area contributed by atoms with Crippen molar-refractivity contribution in [2.75, 3.05) is 6.54 Å². The van der Waals surface area contributed by atoms with E-state index in [9.17, 15) is 4.79 Å². The van der Waals surface area contributed by atoms with Crippen LogP contribution in [0.4, 0.5) is 0 Å². The molecule has 6 nitrogen and oxygen atoms in total. The van der Waals surface area contributed by atoms with Gasteiger partial charge in [0.05, 0.1) is 17.0 Å². The van der Waals surface area contributed by atoms with Gasteiger partial charge >= 0.3 is 0 Å². The van der Waals surface area contributed by atoms with Crippen LogP contribution in [0.25, 0.3) is 0 Å². The number of rotatable bonds is 4. The lowest BCUT2D eigenvalue weighted by Gasteiger charge is -2.01. The number of imidazole rings is 1. The zero-order chi connectivity index (χ0) is 12.3. The zero-order valence-corrected chi connectivity index (χ0v) is 10.0. The number of H-pyrrole nitrogens is 2. The second-order valence-corrected chi connectivity index (χ2v) is 3.97. The average Bonchev–Trinajstić information content (AvgIpc) is 2.91. The number of hydrogen-bond acceptors (Lipinski definition) is 3. The third-order valence-corrected chi connectivity index (χ3v) is 2.78. The molecule has 0 atom stereocenters. The maximum Gasteiger partial charge on any atom is 0.273 e. The fraction of sp³-hybridized carbons (Fsp3) is 0.300. The van der Waals surface area contributed by atoms with Gasteiger partial charge in [-0.1, -0.05) is 11.6 Å². The van der Waals surface area contributed by atoms with E-state index in [0.717, 1.165) is 5.69 Å². The number of aromatic amines is 2. The monoisotopic (exact) mass is 253 g/mol. The number of aryl methyl sites for hydroxylation is 1. The molecule has 0 aliphatic rings. The Morgan fingerprint density at radius 1 is 1.59 bits per heavy atom. The van der Waals surface area contributed by atoms with Gasteiger partial charge in [-0.15, -0.1) is 0 Å². The summed E-state index contributed by atoms with van der Waals surface area (Å²) in [7, 11) is 0. The molecule has 17 heavy (non-hydrogen) atoms. The number of halogens is 1. The van der Waals surface area contributed by atoms with Crippen molar-refractivity contribution in [2.45, 2.75) is 13.3 Å². The van der Waals surface area contributed by atoms with E-state index in [-0.39, 0.29) is 11.6 Å². The summed E-state index contributed by atoms with van der Waals surface area (Å²) in [6.45, 7) is 2.26. The molecule has 2 aromatic heterocycles. The standard InChI is InChI=1S/C10H12ClN5O/c1-6-8(11)9(16-15-6)10(17)13-3-2-7-4-12-5-14-7/h4-5H,2-3H2,1H3,(H,12,14)(H,13,17)(H,15,16). The van der Waals surface area contributed by atoms with Gasteiger partial charge < -0.3 is 10.3 Å². The van der Waals surface area contributed by atoms with Crippen molar-refractivity contribution in [3.8, 4) is 0 Å².